The van der Waals surface area contributed by atoms with Crippen LogP contribution in [0.5, 0.6) is 0 Å². The summed E-state index contributed by atoms with van der Waals surface area (Å²) in [5.41, 5.74) is -0.718. The number of hydrogen-bond donors (Lipinski definition) is 9. The standard InChI is InChI=1S/C46H74O20S/c1-21(2)14-22-16-59-46-19-45(20-60-46)23(37(46)44(22,7)54)8-9-28-42(5)12-11-29(41(3,4)27(42)10-13-43(28,45)6)64-40-36(66-38-33(52)30(49)25(15-47)62-38)35(24(48)17-58-40)65-39-34(53)32(51)31(50)26(63-39)18-61-67(55,56)57/h14,22-40,47-54H,8-13,15-20H2,1-7H3,(H,55,56,57)/t22-,23+,24+,25+,26-,27+,28-,29+,30+,31-,32+,33-,34-,35+,36-,37+,38+,39+,40+,42+,43-,44+,45+,46-/m1/s1. The average molecular weight is 979 g/mol. The maximum absolute atomic E-state index is 12.4. The second-order valence-corrected chi connectivity index (χ2v) is 24.0. The molecule has 20 nitrogen and oxygen atoms in total. The second kappa shape index (κ2) is 17.6. The van der Waals surface area contributed by atoms with E-state index in [1.165, 1.54) is 0 Å². The van der Waals surface area contributed by atoms with Gasteiger partial charge in [0.15, 0.2) is 24.7 Å². The largest absolute Gasteiger partial charge is 0.397 e. The van der Waals surface area contributed by atoms with Gasteiger partial charge in [0.2, 0.25) is 0 Å². The Hall–Kier alpha value is -1.03. The van der Waals surface area contributed by atoms with Gasteiger partial charge in [0, 0.05) is 23.7 Å². The first-order valence-electron chi connectivity index (χ1n) is 24.1. The molecular weight excluding hydrogens is 905 g/mol. The summed E-state index contributed by atoms with van der Waals surface area (Å²) < 4.78 is 86.6. The molecule has 21 heteroatoms. The van der Waals surface area contributed by atoms with Crippen LogP contribution in [0.1, 0.15) is 93.4 Å². The lowest BCUT2D eigenvalue weighted by Gasteiger charge is -2.70. The Balaban J connectivity index is 0.965. The molecule has 24 atom stereocenters. The van der Waals surface area contributed by atoms with Crippen molar-refractivity contribution in [2.24, 2.45) is 51.2 Å². The summed E-state index contributed by atoms with van der Waals surface area (Å²) in [6, 6.07) is 0. The molecule has 0 aromatic rings. The van der Waals surface area contributed by atoms with Crippen LogP contribution >= 0.6 is 0 Å². The highest BCUT2D eigenvalue weighted by Crippen LogP contribution is 2.80. The lowest BCUT2D eigenvalue weighted by molar-refractivity contribution is -0.375. The molecule has 9 aliphatic rings. The lowest BCUT2D eigenvalue weighted by atomic mass is 9.35. The normalized spacial score (nSPS) is 54.7. The van der Waals surface area contributed by atoms with Gasteiger partial charge in [-0.25, -0.2) is 4.18 Å². The van der Waals surface area contributed by atoms with Gasteiger partial charge >= 0.3 is 10.4 Å². The predicted octanol–water partition coefficient (Wildman–Crippen LogP) is 0.290. The van der Waals surface area contributed by atoms with Crippen molar-refractivity contribution in [3.05, 3.63) is 11.6 Å². The number of aliphatic hydroxyl groups excluding tert-OH is 7. The molecule has 4 aliphatic carbocycles. The third-order valence-corrected chi connectivity index (χ3v) is 19.3. The SMILES string of the molecule is CC(C)=C[C@@H]1CO[C@]23C[C@]4(CO2)[C@@H](CC[C@@H]2[C@@]5(C)CC[C@H](O[C@@H]6OC[C@H](O)[C@H](O[C@@H]7O[C@H](COS(=O)(=O)O)[C@@H](O)[C@H](O)[C@H]7O)[C@H]6O[C@@H]6O[C@@H](CO)[C@H](O)[C@H]6O)C(C)(C)[C@@H]5CC[C@]24C)[C@H]3[C@@]1(C)O. The van der Waals surface area contributed by atoms with Crippen molar-refractivity contribution in [2.45, 2.75) is 191 Å². The van der Waals surface area contributed by atoms with E-state index >= 15 is 0 Å². The van der Waals surface area contributed by atoms with Crippen molar-refractivity contribution in [1.82, 2.24) is 0 Å². The van der Waals surface area contributed by atoms with Crippen molar-refractivity contribution >= 4 is 10.4 Å². The van der Waals surface area contributed by atoms with E-state index in [0.717, 1.165) is 44.1 Å². The molecule has 0 aromatic heterocycles. The molecule has 67 heavy (non-hydrogen) atoms. The highest BCUT2D eigenvalue weighted by atomic mass is 32.3. The highest BCUT2D eigenvalue weighted by Gasteiger charge is 2.81. The summed E-state index contributed by atoms with van der Waals surface area (Å²) >= 11 is 0. The minimum absolute atomic E-state index is 0.102. The molecule has 0 amide bonds. The zero-order valence-electron chi connectivity index (χ0n) is 39.5. The van der Waals surface area contributed by atoms with E-state index in [0.29, 0.717) is 25.6 Å². The van der Waals surface area contributed by atoms with Gasteiger partial charge in [-0.15, -0.1) is 0 Å². The lowest BCUT2D eigenvalue weighted by Crippen LogP contribution is -2.68. The van der Waals surface area contributed by atoms with Gasteiger partial charge in [-0.2, -0.15) is 8.42 Å². The van der Waals surface area contributed by atoms with E-state index in [4.69, 9.17) is 42.4 Å². The Kier molecular flexibility index (Phi) is 13.4. The molecule has 9 N–H and O–H groups in total. The summed E-state index contributed by atoms with van der Waals surface area (Å²) in [6.45, 7) is 14.4. The van der Waals surface area contributed by atoms with Crippen LogP contribution in [0.25, 0.3) is 0 Å². The molecule has 0 radical (unpaired) electrons. The fourth-order valence-electron chi connectivity index (χ4n) is 15.7. The van der Waals surface area contributed by atoms with Crippen LogP contribution < -0.4 is 0 Å². The van der Waals surface area contributed by atoms with Crippen LogP contribution in [0.15, 0.2) is 11.6 Å². The Bertz CT molecular complexity index is 1970. The Labute approximate surface area is 392 Å². The van der Waals surface area contributed by atoms with E-state index in [1.54, 1.807) is 0 Å². The van der Waals surface area contributed by atoms with E-state index in [-0.39, 0.29) is 46.5 Å². The summed E-state index contributed by atoms with van der Waals surface area (Å²) in [6.07, 6.45) is -13.6. The molecule has 5 saturated heterocycles. The summed E-state index contributed by atoms with van der Waals surface area (Å²) in [4.78, 5) is 0. The van der Waals surface area contributed by atoms with Gasteiger partial charge in [0.1, 0.15) is 61.0 Å². The van der Waals surface area contributed by atoms with Gasteiger partial charge in [0.25, 0.3) is 0 Å². The summed E-state index contributed by atoms with van der Waals surface area (Å²) in [5, 5.41) is 87.7. The molecular formula is C46H74O20S. The third kappa shape index (κ3) is 8.04. The van der Waals surface area contributed by atoms with Crippen molar-refractivity contribution in [1.29, 1.82) is 0 Å². The van der Waals surface area contributed by atoms with Crippen LogP contribution in [0.2, 0.25) is 0 Å². The number of rotatable bonds is 11. The zero-order chi connectivity index (χ0) is 48.6. The van der Waals surface area contributed by atoms with Crippen LogP contribution in [0.3, 0.4) is 0 Å². The van der Waals surface area contributed by atoms with E-state index < -0.39 is 126 Å². The summed E-state index contributed by atoms with van der Waals surface area (Å²) in [7, 11) is -5.01. The number of allylic oxidation sites excluding steroid dienone is 1. The van der Waals surface area contributed by atoms with Crippen molar-refractivity contribution < 1.29 is 95.9 Å². The van der Waals surface area contributed by atoms with Gasteiger partial charge in [0.05, 0.1) is 44.7 Å². The quantitative estimate of drug-likeness (QED) is 0.0764. The molecule has 5 aliphatic heterocycles. The molecule has 0 unspecified atom stereocenters. The molecule has 9 rings (SSSR count). The minimum atomic E-state index is -5.01. The third-order valence-electron chi connectivity index (χ3n) is 18.9. The number of ether oxygens (including phenoxy) is 8. The molecule has 4 saturated carbocycles. The van der Waals surface area contributed by atoms with Crippen molar-refractivity contribution in [3.8, 4) is 0 Å². The van der Waals surface area contributed by atoms with Crippen LogP contribution in [0.4, 0.5) is 0 Å². The fraction of sp³-hybridized carbons (Fsp3) is 0.957. The van der Waals surface area contributed by atoms with E-state index in [1.807, 2.05) is 6.92 Å². The van der Waals surface area contributed by atoms with Crippen molar-refractivity contribution in [2.75, 3.05) is 33.0 Å². The van der Waals surface area contributed by atoms with Crippen LogP contribution in [-0.4, -0.2) is 184 Å². The zero-order valence-corrected chi connectivity index (χ0v) is 40.3. The van der Waals surface area contributed by atoms with Crippen LogP contribution in [0, 0.1) is 51.2 Å². The fourth-order valence-corrected chi connectivity index (χ4v) is 16.0. The van der Waals surface area contributed by atoms with Gasteiger partial charge in [-0.05, 0) is 93.3 Å². The average Bonchev–Trinajstić information content (AvgIpc) is 3.88. The topological polar surface area (TPSA) is 299 Å². The smallest absolute Gasteiger partial charge is 0.394 e. The highest BCUT2D eigenvalue weighted by molar-refractivity contribution is 7.80. The van der Waals surface area contributed by atoms with Gasteiger partial charge in [-0.3, -0.25) is 4.55 Å². The molecule has 0 aromatic carbocycles. The number of fused-ring (bicyclic) bond motifs is 4. The maximum atomic E-state index is 12.4. The van der Waals surface area contributed by atoms with Crippen LogP contribution in [-0.2, 0) is 52.5 Å². The van der Waals surface area contributed by atoms with Crippen molar-refractivity contribution in [3.63, 3.8) is 0 Å². The predicted molar refractivity (Wildman–Crippen MR) is 229 cm³/mol. The molecule has 384 valence electrons. The van der Waals surface area contributed by atoms with Gasteiger partial charge in [-0.1, -0.05) is 39.3 Å². The molecule has 2 bridgehead atoms. The monoisotopic (exact) mass is 978 g/mol. The molecule has 5 heterocycles. The van der Waals surface area contributed by atoms with Gasteiger partial charge < -0.3 is 78.7 Å². The summed E-state index contributed by atoms with van der Waals surface area (Å²) in [5.74, 6) is -0.349. The number of hydrogen-bond acceptors (Lipinski definition) is 19. The number of aliphatic hydroxyl groups is 8. The first kappa shape index (κ1) is 50.9. The van der Waals surface area contributed by atoms with E-state index in [2.05, 4.69) is 51.8 Å². The molecule has 2 spiro atoms. The Morgan fingerprint density at radius 1 is 0.746 bits per heavy atom. The first-order valence-corrected chi connectivity index (χ1v) is 25.5. The Morgan fingerprint density at radius 3 is 2.06 bits per heavy atom. The van der Waals surface area contributed by atoms with E-state index in [9.17, 15) is 49.3 Å². The molecule has 9 fully saturated rings. The minimum Gasteiger partial charge on any atom is -0.394 e. The maximum Gasteiger partial charge on any atom is 0.397 e. The Morgan fingerprint density at radius 2 is 1.40 bits per heavy atom. The second-order valence-electron chi connectivity index (χ2n) is 22.9. The first-order chi connectivity index (χ1) is 31.2.